The van der Waals surface area contributed by atoms with E-state index in [1.54, 1.807) is 4.31 Å². The highest BCUT2D eigenvalue weighted by atomic mass is 32.2. The topological polar surface area (TPSA) is 49.4 Å². The number of hydrogen-bond donors (Lipinski definition) is 1. The lowest BCUT2D eigenvalue weighted by Gasteiger charge is -2.31. The van der Waals surface area contributed by atoms with Gasteiger partial charge in [0.05, 0.1) is 5.75 Å². The fourth-order valence-electron chi connectivity index (χ4n) is 2.34. The molecule has 0 heterocycles. The summed E-state index contributed by atoms with van der Waals surface area (Å²) >= 11 is 0. The fourth-order valence-corrected chi connectivity index (χ4v) is 4.37. The highest BCUT2D eigenvalue weighted by Gasteiger charge is 2.27. The molecule has 0 aromatic rings. The number of hydrogen-bond acceptors (Lipinski definition) is 3. The summed E-state index contributed by atoms with van der Waals surface area (Å²) in [5, 5.41) is 3.26. The smallest absolute Gasteiger partial charge is 0.214 e. The van der Waals surface area contributed by atoms with Crippen LogP contribution in [0, 0.1) is 5.92 Å². The largest absolute Gasteiger partial charge is 0.317 e. The Bertz CT molecular complexity index is 325. The third-order valence-corrected chi connectivity index (χ3v) is 5.40. The lowest BCUT2D eigenvalue weighted by atomic mass is 10.1. The molecular formula is C15H34N2O2S. The van der Waals surface area contributed by atoms with E-state index in [9.17, 15) is 8.42 Å². The van der Waals surface area contributed by atoms with Crippen LogP contribution >= 0.6 is 0 Å². The molecule has 0 aromatic carbocycles. The monoisotopic (exact) mass is 306 g/mol. The Kier molecular flexibility index (Phi) is 10.5. The van der Waals surface area contributed by atoms with Crippen LogP contribution in [0.25, 0.3) is 0 Å². The minimum absolute atomic E-state index is 0.144. The molecule has 5 heteroatoms. The number of rotatable bonds is 12. The molecule has 0 aromatic heterocycles. The molecule has 0 rings (SSSR count). The lowest BCUT2D eigenvalue weighted by Crippen LogP contribution is -2.43. The molecule has 0 aliphatic carbocycles. The maximum absolute atomic E-state index is 12.6. The molecule has 0 fully saturated rings. The predicted octanol–water partition coefficient (Wildman–Crippen LogP) is 2.85. The molecule has 0 amide bonds. The second-order valence-corrected chi connectivity index (χ2v) is 7.89. The standard InChI is InChI=1S/C15H34N2O2S/c1-6-10-16-11-9-12-20(18,19)17(13-14(4)5)15(7-2)8-3/h14-16H,6-13H2,1-5H3. The Hall–Kier alpha value is -0.130. The summed E-state index contributed by atoms with van der Waals surface area (Å²) in [6.07, 6.45) is 3.55. The third-order valence-electron chi connectivity index (χ3n) is 3.43. The number of nitrogens with one attached hydrogen (secondary N) is 1. The molecule has 0 atom stereocenters. The van der Waals surface area contributed by atoms with Crippen molar-refractivity contribution >= 4 is 10.0 Å². The van der Waals surface area contributed by atoms with Gasteiger partial charge in [0.25, 0.3) is 0 Å². The van der Waals surface area contributed by atoms with Crippen LogP contribution in [0.4, 0.5) is 0 Å². The van der Waals surface area contributed by atoms with Gasteiger partial charge in [0, 0.05) is 12.6 Å². The maximum atomic E-state index is 12.6. The van der Waals surface area contributed by atoms with Gasteiger partial charge in [0.2, 0.25) is 10.0 Å². The zero-order valence-corrected chi connectivity index (χ0v) is 14.8. The summed E-state index contributed by atoms with van der Waals surface area (Å²) in [5.74, 6) is 0.621. The van der Waals surface area contributed by atoms with E-state index in [2.05, 4.69) is 39.9 Å². The molecule has 0 spiro atoms. The third kappa shape index (κ3) is 7.60. The van der Waals surface area contributed by atoms with Crippen LogP contribution in [0.5, 0.6) is 0 Å². The van der Waals surface area contributed by atoms with Gasteiger partial charge in [-0.3, -0.25) is 0 Å². The molecule has 0 aliphatic rings. The number of sulfonamides is 1. The normalized spacial score (nSPS) is 12.8. The second kappa shape index (κ2) is 10.6. The van der Waals surface area contributed by atoms with E-state index in [1.165, 1.54) is 0 Å². The van der Waals surface area contributed by atoms with E-state index in [4.69, 9.17) is 0 Å². The van der Waals surface area contributed by atoms with Crippen LogP contribution in [0.15, 0.2) is 0 Å². The average molecular weight is 307 g/mol. The summed E-state index contributed by atoms with van der Waals surface area (Å²) in [5.41, 5.74) is 0. The number of nitrogens with zero attached hydrogens (tertiary/aromatic N) is 1. The van der Waals surface area contributed by atoms with Gasteiger partial charge in [0.15, 0.2) is 0 Å². The Balaban J connectivity index is 4.60. The van der Waals surface area contributed by atoms with Crippen LogP contribution in [0.3, 0.4) is 0 Å². The van der Waals surface area contributed by atoms with Crippen LogP contribution in [0.1, 0.15) is 60.3 Å². The van der Waals surface area contributed by atoms with E-state index in [0.29, 0.717) is 18.9 Å². The SMILES string of the molecule is CCCNCCCS(=O)(=O)N(CC(C)C)C(CC)CC. The summed E-state index contributed by atoms with van der Waals surface area (Å²) < 4.78 is 26.9. The van der Waals surface area contributed by atoms with Crippen molar-refractivity contribution < 1.29 is 8.42 Å². The zero-order valence-electron chi connectivity index (χ0n) is 14.0. The van der Waals surface area contributed by atoms with Gasteiger partial charge in [-0.2, -0.15) is 4.31 Å². The highest BCUT2D eigenvalue weighted by Crippen LogP contribution is 2.17. The Morgan fingerprint density at radius 2 is 1.65 bits per heavy atom. The molecule has 1 N–H and O–H groups in total. The van der Waals surface area contributed by atoms with Gasteiger partial charge in [-0.1, -0.05) is 34.6 Å². The van der Waals surface area contributed by atoms with E-state index in [-0.39, 0.29) is 11.8 Å². The predicted molar refractivity (Wildman–Crippen MR) is 87.5 cm³/mol. The van der Waals surface area contributed by atoms with Crippen molar-refractivity contribution in [1.82, 2.24) is 9.62 Å². The van der Waals surface area contributed by atoms with E-state index in [0.717, 1.165) is 32.4 Å². The first-order valence-corrected chi connectivity index (χ1v) is 9.70. The van der Waals surface area contributed by atoms with E-state index in [1.807, 2.05) is 0 Å². The van der Waals surface area contributed by atoms with Gasteiger partial charge >= 0.3 is 0 Å². The van der Waals surface area contributed by atoms with Crippen molar-refractivity contribution in [1.29, 1.82) is 0 Å². The maximum Gasteiger partial charge on any atom is 0.214 e. The molecule has 20 heavy (non-hydrogen) atoms. The summed E-state index contributed by atoms with van der Waals surface area (Å²) in [4.78, 5) is 0. The summed E-state index contributed by atoms with van der Waals surface area (Å²) in [7, 11) is -3.13. The van der Waals surface area contributed by atoms with Gasteiger partial charge in [-0.15, -0.1) is 0 Å². The minimum atomic E-state index is -3.13. The van der Waals surface area contributed by atoms with Gasteiger partial charge in [-0.25, -0.2) is 8.42 Å². The second-order valence-electron chi connectivity index (χ2n) is 5.85. The minimum Gasteiger partial charge on any atom is -0.317 e. The van der Waals surface area contributed by atoms with E-state index < -0.39 is 10.0 Å². The van der Waals surface area contributed by atoms with Crippen LogP contribution < -0.4 is 5.32 Å². The first kappa shape index (κ1) is 19.9. The van der Waals surface area contributed by atoms with E-state index >= 15 is 0 Å². The molecule has 0 unspecified atom stereocenters. The molecule has 122 valence electrons. The van der Waals surface area contributed by atoms with Crippen LogP contribution in [-0.4, -0.2) is 44.2 Å². The van der Waals surface area contributed by atoms with Crippen molar-refractivity contribution in [3.05, 3.63) is 0 Å². The Morgan fingerprint density at radius 3 is 2.10 bits per heavy atom. The zero-order chi connectivity index (χ0) is 15.6. The Morgan fingerprint density at radius 1 is 1.05 bits per heavy atom. The quantitative estimate of drug-likeness (QED) is 0.564. The molecule has 0 saturated heterocycles. The van der Waals surface area contributed by atoms with Crippen molar-refractivity contribution in [2.45, 2.75) is 66.3 Å². The molecule has 0 aliphatic heterocycles. The van der Waals surface area contributed by atoms with Crippen molar-refractivity contribution in [2.24, 2.45) is 5.92 Å². The van der Waals surface area contributed by atoms with Crippen LogP contribution in [0.2, 0.25) is 0 Å². The molecule has 4 nitrogen and oxygen atoms in total. The van der Waals surface area contributed by atoms with Crippen molar-refractivity contribution in [3.63, 3.8) is 0 Å². The fraction of sp³-hybridized carbons (Fsp3) is 1.00. The first-order valence-electron chi connectivity index (χ1n) is 8.09. The average Bonchev–Trinajstić information content (AvgIpc) is 2.38. The summed E-state index contributed by atoms with van der Waals surface area (Å²) in [6, 6.07) is 0.144. The van der Waals surface area contributed by atoms with Gasteiger partial charge < -0.3 is 5.32 Å². The summed E-state index contributed by atoms with van der Waals surface area (Å²) in [6.45, 7) is 12.8. The van der Waals surface area contributed by atoms with Crippen molar-refractivity contribution in [2.75, 3.05) is 25.4 Å². The lowest BCUT2D eigenvalue weighted by molar-refractivity contribution is 0.276. The van der Waals surface area contributed by atoms with Gasteiger partial charge in [0.1, 0.15) is 0 Å². The Labute approximate surface area is 126 Å². The highest BCUT2D eigenvalue weighted by molar-refractivity contribution is 7.89. The molecule has 0 saturated carbocycles. The van der Waals surface area contributed by atoms with Crippen LogP contribution in [-0.2, 0) is 10.0 Å². The molecular weight excluding hydrogens is 272 g/mol. The van der Waals surface area contributed by atoms with Crippen molar-refractivity contribution in [3.8, 4) is 0 Å². The molecule has 0 bridgehead atoms. The molecule has 0 radical (unpaired) electrons. The van der Waals surface area contributed by atoms with Gasteiger partial charge in [-0.05, 0) is 44.7 Å². The first-order chi connectivity index (χ1) is 9.38.